The van der Waals surface area contributed by atoms with E-state index in [9.17, 15) is 13.2 Å². The Labute approximate surface area is 184 Å². The maximum absolute atomic E-state index is 14.6. The average molecular weight is 428 g/mol. The molecule has 0 N–H and O–H groups in total. The number of benzene rings is 3. The molecule has 5 heteroatoms. The fourth-order valence-corrected chi connectivity index (χ4v) is 3.26. The quantitative estimate of drug-likeness (QED) is 0.270. The van der Waals surface area contributed by atoms with Gasteiger partial charge in [-0.15, -0.1) is 0 Å². The molecule has 4 aromatic rings. The highest BCUT2D eigenvalue weighted by Gasteiger charge is 2.07. The number of aryl methyl sites for hydroxylation is 1. The Morgan fingerprint density at radius 1 is 0.812 bits per heavy atom. The van der Waals surface area contributed by atoms with Gasteiger partial charge in [-0.2, -0.15) is 0 Å². The number of allylic oxidation sites excluding steroid dienone is 2. The van der Waals surface area contributed by atoms with Gasteiger partial charge in [-0.25, -0.2) is 23.1 Å². The third-order valence-corrected chi connectivity index (χ3v) is 4.99. The van der Waals surface area contributed by atoms with Crippen LogP contribution in [0.25, 0.3) is 22.2 Å². The molecule has 0 unspecified atom stereocenters. The lowest BCUT2D eigenvalue weighted by Gasteiger charge is -2.03. The largest absolute Gasteiger partial charge is 0.236 e. The highest BCUT2D eigenvalue weighted by Crippen LogP contribution is 2.21. The summed E-state index contributed by atoms with van der Waals surface area (Å²) in [5.41, 5.74) is 2.38. The van der Waals surface area contributed by atoms with Crippen LogP contribution in [0.3, 0.4) is 0 Å². The monoisotopic (exact) mass is 428 g/mol. The first-order chi connectivity index (χ1) is 15.5. The van der Waals surface area contributed by atoms with E-state index in [1.165, 1.54) is 6.07 Å². The Morgan fingerprint density at radius 3 is 2.28 bits per heavy atom. The SMILES string of the molecule is C/C=C/CCc1cnc(-c2ccc(C#Cc3ccc4cc(F)c(F)cc4c3)c(F)c2)nc1. The molecule has 158 valence electrons. The molecule has 2 nitrogen and oxygen atoms in total. The van der Waals surface area contributed by atoms with Gasteiger partial charge in [-0.3, -0.25) is 0 Å². The summed E-state index contributed by atoms with van der Waals surface area (Å²) in [6, 6.07) is 11.9. The third kappa shape index (κ3) is 4.87. The summed E-state index contributed by atoms with van der Waals surface area (Å²) < 4.78 is 41.4. The molecule has 3 aromatic carbocycles. The minimum absolute atomic E-state index is 0.224. The van der Waals surface area contributed by atoms with E-state index in [1.807, 2.05) is 13.0 Å². The summed E-state index contributed by atoms with van der Waals surface area (Å²) in [4.78, 5) is 8.68. The van der Waals surface area contributed by atoms with Crippen molar-refractivity contribution in [2.75, 3.05) is 0 Å². The zero-order valence-electron chi connectivity index (χ0n) is 17.4. The average Bonchev–Trinajstić information content (AvgIpc) is 2.80. The molecule has 0 radical (unpaired) electrons. The standard InChI is InChI=1S/C27H19F3N2/c1-2-3-4-5-19-16-31-27(32-17-19)22-11-10-20(24(28)14-22)8-6-18-7-9-21-13-25(29)26(30)15-23(21)12-18/h2-3,7,9-17H,4-5H2,1H3/b3-2+. The van der Waals surface area contributed by atoms with Gasteiger partial charge >= 0.3 is 0 Å². The summed E-state index contributed by atoms with van der Waals surface area (Å²) in [5, 5.41) is 1.09. The second-order valence-corrected chi connectivity index (χ2v) is 7.30. The molecule has 0 saturated heterocycles. The molecule has 0 aliphatic carbocycles. The first-order valence-electron chi connectivity index (χ1n) is 10.2. The second-order valence-electron chi connectivity index (χ2n) is 7.30. The minimum atomic E-state index is -0.919. The van der Waals surface area contributed by atoms with Crippen LogP contribution in [0.2, 0.25) is 0 Å². The van der Waals surface area contributed by atoms with E-state index in [4.69, 9.17) is 0 Å². The van der Waals surface area contributed by atoms with Crippen LogP contribution in [0, 0.1) is 29.3 Å². The third-order valence-electron chi connectivity index (χ3n) is 4.99. The maximum Gasteiger partial charge on any atom is 0.159 e. The van der Waals surface area contributed by atoms with Gasteiger partial charge in [0.2, 0.25) is 0 Å². The van der Waals surface area contributed by atoms with Gasteiger partial charge in [-0.05, 0) is 78.6 Å². The summed E-state index contributed by atoms with van der Waals surface area (Å²) in [6.45, 7) is 1.98. The molecule has 0 bridgehead atoms. The number of hydrogen-bond donors (Lipinski definition) is 0. The lowest BCUT2D eigenvalue weighted by Crippen LogP contribution is -1.94. The molecule has 1 aromatic heterocycles. The fraction of sp³-hybridized carbons (Fsp3) is 0.111. The van der Waals surface area contributed by atoms with Crippen molar-refractivity contribution < 1.29 is 13.2 Å². The molecule has 0 amide bonds. The van der Waals surface area contributed by atoms with Gasteiger partial charge in [0, 0.05) is 23.5 Å². The zero-order chi connectivity index (χ0) is 22.5. The van der Waals surface area contributed by atoms with Crippen LogP contribution >= 0.6 is 0 Å². The summed E-state index contributed by atoms with van der Waals surface area (Å²) in [5.74, 6) is 3.82. The molecule has 0 atom stereocenters. The maximum atomic E-state index is 14.6. The van der Waals surface area contributed by atoms with Crippen LogP contribution in [-0.2, 0) is 6.42 Å². The van der Waals surface area contributed by atoms with E-state index in [-0.39, 0.29) is 5.56 Å². The van der Waals surface area contributed by atoms with Crippen molar-refractivity contribution in [3.63, 3.8) is 0 Å². The highest BCUT2D eigenvalue weighted by atomic mass is 19.2. The number of halogens is 3. The van der Waals surface area contributed by atoms with Crippen LogP contribution < -0.4 is 0 Å². The second kappa shape index (κ2) is 9.49. The van der Waals surface area contributed by atoms with Crippen molar-refractivity contribution in [1.82, 2.24) is 9.97 Å². The molecule has 0 aliphatic heterocycles. The van der Waals surface area contributed by atoms with Gasteiger partial charge in [0.1, 0.15) is 5.82 Å². The van der Waals surface area contributed by atoms with E-state index in [0.29, 0.717) is 27.7 Å². The summed E-state index contributed by atoms with van der Waals surface area (Å²) in [6.07, 6.45) is 9.37. The molecule has 0 aliphatic rings. The Hall–Kier alpha value is -3.91. The van der Waals surface area contributed by atoms with Crippen molar-refractivity contribution in [3.8, 4) is 23.2 Å². The number of aromatic nitrogens is 2. The van der Waals surface area contributed by atoms with E-state index < -0.39 is 17.5 Å². The van der Waals surface area contributed by atoms with E-state index in [2.05, 4.69) is 27.9 Å². The predicted molar refractivity (Wildman–Crippen MR) is 120 cm³/mol. The van der Waals surface area contributed by atoms with Crippen LogP contribution in [0.15, 0.2) is 73.1 Å². The Bertz CT molecular complexity index is 1360. The zero-order valence-corrected chi connectivity index (χ0v) is 17.4. The lowest BCUT2D eigenvalue weighted by atomic mass is 10.1. The van der Waals surface area contributed by atoms with Crippen molar-refractivity contribution in [1.29, 1.82) is 0 Å². The van der Waals surface area contributed by atoms with Crippen LogP contribution in [0.5, 0.6) is 0 Å². The molecule has 0 fully saturated rings. The molecule has 0 saturated carbocycles. The molecule has 4 rings (SSSR count). The lowest BCUT2D eigenvalue weighted by molar-refractivity contribution is 0.511. The molecular weight excluding hydrogens is 409 g/mol. The number of hydrogen-bond acceptors (Lipinski definition) is 2. The summed E-state index contributed by atoms with van der Waals surface area (Å²) >= 11 is 0. The van der Waals surface area contributed by atoms with Crippen molar-refractivity contribution in [2.45, 2.75) is 19.8 Å². The van der Waals surface area contributed by atoms with Gasteiger partial charge in [-0.1, -0.05) is 30.1 Å². The van der Waals surface area contributed by atoms with E-state index in [1.54, 1.807) is 42.7 Å². The van der Waals surface area contributed by atoms with Crippen LogP contribution in [0.4, 0.5) is 13.2 Å². The molecule has 1 heterocycles. The number of rotatable bonds is 4. The first kappa shape index (κ1) is 21.3. The van der Waals surface area contributed by atoms with Crippen molar-refractivity contribution in [2.24, 2.45) is 0 Å². The Balaban J connectivity index is 1.54. The van der Waals surface area contributed by atoms with Crippen LogP contribution in [0.1, 0.15) is 30.0 Å². The van der Waals surface area contributed by atoms with E-state index >= 15 is 0 Å². The Morgan fingerprint density at radius 2 is 1.56 bits per heavy atom. The number of fused-ring (bicyclic) bond motifs is 1. The van der Waals surface area contributed by atoms with Gasteiger partial charge in [0.05, 0.1) is 5.56 Å². The van der Waals surface area contributed by atoms with Gasteiger partial charge in [0.25, 0.3) is 0 Å². The Kier molecular flexibility index (Phi) is 6.32. The minimum Gasteiger partial charge on any atom is -0.236 e. The normalized spacial score (nSPS) is 11.0. The molecule has 0 spiro atoms. The van der Waals surface area contributed by atoms with Crippen LogP contribution in [-0.4, -0.2) is 9.97 Å². The van der Waals surface area contributed by atoms with Crippen molar-refractivity contribution >= 4 is 10.8 Å². The summed E-state index contributed by atoms with van der Waals surface area (Å²) in [7, 11) is 0. The van der Waals surface area contributed by atoms with Crippen molar-refractivity contribution in [3.05, 3.63) is 107 Å². The number of nitrogens with zero attached hydrogens (tertiary/aromatic N) is 2. The van der Waals surface area contributed by atoms with Gasteiger partial charge in [0.15, 0.2) is 17.5 Å². The first-order valence-corrected chi connectivity index (χ1v) is 10.2. The molecular formula is C27H19F3N2. The molecule has 32 heavy (non-hydrogen) atoms. The topological polar surface area (TPSA) is 25.8 Å². The van der Waals surface area contributed by atoms with E-state index in [0.717, 1.165) is 30.5 Å². The predicted octanol–water partition coefficient (Wildman–Crippen LogP) is 6.62. The highest BCUT2D eigenvalue weighted by molar-refractivity contribution is 5.84. The van der Waals surface area contributed by atoms with Gasteiger partial charge < -0.3 is 0 Å². The fourth-order valence-electron chi connectivity index (χ4n) is 3.26. The smallest absolute Gasteiger partial charge is 0.159 e.